The minimum Gasteiger partial charge on any atom is -0.507 e. The first kappa shape index (κ1) is 61.8. The lowest BCUT2D eigenvalue weighted by molar-refractivity contribution is -0.171. The number of phenolic OH excluding ortho intramolecular Hbond substituents is 2. The number of carboxylic acids is 1. The van der Waals surface area contributed by atoms with E-state index in [1.165, 1.54) is 77.0 Å². The summed E-state index contributed by atoms with van der Waals surface area (Å²) in [5, 5.41) is 36.0. The molecule has 0 saturated carbocycles. The van der Waals surface area contributed by atoms with Gasteiger partial charge in [-0.2, -0.15) is 0 Å². The molecule has 390 valence electrons. The van der Waals surface area contributed by atoms with Crippen molar-refractivity contribution in [3.05, 3.63) is 57.6 Å². The van der Waals surface area contributed by atoms with Crippen LogP contribution in [0.3, 0.4) is 0 Å². The quantitative estimate of drug-likeness (QED) is 0.0308. The summed E-state index contributed by atoms with van der Waals surface area (Å²) in [7, 11) is 0. The molecular formula is C60H102O6S2. The highest BCUT2D eigenvalue weighted by Gasteiger charge is 2.52. The van der Waals surface area contributed by atoms with E-state index in [0.29, 0.717) is 39.8 Å². The predicted molar refractivity (Wildman–Crippen MR) is 296 cm³/mol. The van der Waals surface area contributed by atoms with E-state index in [4.69, 9.17) is 4.74 Å². The van der Waals surface area contributed by atoms with Crippen molar-refractivity contribution in [1.29, 1.82) is 0 Å². The first-order valence-corrected chi connectivity index (χ1v) is 28.9. The standard InChI is InChI=1S/C60H102O6S2/c1-18-23-25-27-29-31-33-35-45(20-3)67-60(22-5,68-46(21-4)36-34-32-30-28-26-24-19-2)66-54(65)59(53(63)64,41-43-37-47(55(6,7)8)51(61)48(38-43)56(9,10)11)42-44-39-49(57(12,13)14)52(62)50(40-44)58(15,16)17/h37-40,45-46,61-62H,18-36,41-42H2,1-17H3,(H,63,64). The largest absolute Gasteiger partial charge is 0.507 e. The van der Waals surface area contributed by atoms with Crippen molar-refractivity contribution in [3.8, 4) is 11.5 Å². The van der Waals surface area contributed by atoms with Gasteiger partial charge in [-0.3, -0.25) is 9.59 Å². The first-order valence-electron chi connectivity index (χ1n) is 27.1. The van der Waals surface area contributed by atoms with Gasteiger partial charge < -0.3 is 20.1 Å². The molecule has 0 aliphatic rings. The van der Waals surface area contributed by atoms with Gasteiger partial charge in [-0.25, -0.2) is 0 Å². The van der Waals surface area contributed by atoms with Crippen LogP contribution in [0.15, 0.2) is 24.3 Å². The molecule has 0 aliphatic heterocycles. The third kappa shape index (κ3) is 18.7. The molecule has 0 fully saturated rings. The van der Waals surface area contributed by atoms with Crippen molar-refractivity contribution in [2.45, 2.75) is 289 Å². The van der Waals surface area contributed by atoms with E-state index < -0.39 is 43.3 Å². The number of hydrogen-bond acceptors (Lipinski definition) is 7. The van der Waals surface area contributed by atoms with E-state index in [1.807, 2.05) is 107 Å². The topological polar surface area (TPSA) is 104 Å². The molecular weight excluding hydrogens is 881 g/mol. The molecule has 0 spiro atoms. The van der Waals surface area contributed by atoms with Crippen molar-refractivity contribution in [2.75, 3.05) is 0 Å². The lowest BCUT2D eigenvalue weighted by atomic mass is 9.71. The van der Waals surface area contributed by atoms with Gasteiger partial charge in [-0.1, -0.05) is 232 Å². The maximum Gasteiger partial charge on any atom is 0.326 e. The highest BCUT2D eigenvalue weighted by atomic mass is 32.2. The van der Waals surface area contributed by atoms with Gasteiger partial charge in [-0.05, 0) is 93.6 Å². The summed E-state index contributed by atoms with van der Waals surface area (Å²) in [6.07, 6.45) is 21.4. The first-order chi connectivity index (χ1) is 31.5. The molecule has 2 aromatic rings. The minimum atomic E-state index is -2.05. The smallest absolute Gasteiger partial charge is 0.326 e. The third-order valence-electron chi connectivity index (χ3n) is 13.9. The second kappa shape index (κ2) is 27.5. The van der Waals surface area contributed by atoms with Crippen molar-refractivity contribution in [1.82, 2.24) is 0 Å². The number of rotatable bonds is 30. The van der Waals surface area contributed by atoms with Gasteiger partial charge in [-0.15, -0.1) is 23.5 Å². The molecule has 68 heavy (non-hydrogen) atoms. The van der Waals surface area contributed by atoms with Gasteiger partial charge in [0.25, 0.3) is 0 Å². The molecule has 3 N–H and O–H groups in total. The van der Waals surface area contributed by atoms with Crippen molar-refractivity contribution >= 4 is 35.5 Å². The summed E-state index contributed by atoms with van der Waals surface area (Å²) in [4.78, 5) is 30.5. The van der Waals surface area contributed by atoms with Crippen molar-refractivity contribution < 1.29 is 29.6 Å². The number of carboxylic acid groups (broad SMARTS) is 1. The number of esters is 1. The summed E-state index contributed by atoms with van der Waals surface area (Å²) in [5.74, 6) is -1.56. The Morgan fingerprint density at radius 2 is 0.794 bits per heavy atom. The van der Waals surface area contributed by atoms with E-state index in [1.54, 1.807) is 23.5 Å². The Kier molecular flexibility index (Phi) is 25.0. The Morgan fingerprint density at radius 3 is 1.04 bits per heavy atom. The number of unbranched alkanes of at least 4 members (excludes halogenated alkanes) is 12. The zero-order valence-corrected chi connectivity index (χ0v) is 48.3. The van der Waals surface area contributed by atoms with E-state index in [2.05, 4.69) is 34.6 Å². The third-order valence-corrected chi connectivity index (χ3v) is 17.8. The van der Waals surface area contributed by atoms with Gasteiger partial charge in [0.15, 0.2) is 5.41 Å². The van der Waals surface area contributed by atoms with Gasteiger partial charge in [0.05, 0.1) is 0 Å². The zero-order chi connectivity index (χ0) is 51.7. The molecule has 2 unspecified atom stereocenters. The molecule has 2 rings (SSSR count). The number of hydrogen-bond donors (Lipinski definition) is 3. The van der Waals surface area contributed by atoms with Crippen LogP contribution in [0.2, 0.25) is 0 Å². The lowest BCUT2D eigenvalue weighted by Crippen LogP contribution is -2.48. The van der Waals surface area contributed by atoms with Crippen LogP contribution in [0.25, 0.3) is 0 Å². The molecule has 0 heterocycles. The molecule has 0 bridgehead atoms. The molecule has 0 aromatic heterocycles. The van der Waals surface area contributed by atoms with Crippen molar-refractivity contribution in [2.24, 2.45) is 5.41 Å². The summed E-state index contributed by atoms with van der Waals surface area (Å²) in [6.45, 7) is 35.7. The normalized spacial score (nSPS) is 14.7. The summed E-state index contributed by atoms with van der Waals surface area (Å²) < 4.78 is 6.10. The predicted octanol–water partition coefficient (Wildman–Crippen LogP) is 18.1. The Bertz CT molecular complexity index is 1660. The van der Waals surface area contributed by atoms with Crippen LogP contribution < -0.4 is 0 Å². The monoisotopic (exact) mass is 983 g/mol. The second-order valence-electron chi connectivity index (χ2n) is 24.4. The Hall–Kier alpha value is -2.32. The molecule has 6 nitrogen and oxygen atoms in total. The van der Waals surface area contributed by atoms with E-state index >= 15 is 4.79 Å². The molecule has 2 aromatic carbocycles. The van der Waals surface area contributed by atoms with Crippen LogP contribution in [0.4, 0.5) is 0 Å². The van der Waals surface area contributed by atoms with Crippen LogP contribution in [-0.2, 0) is 48.8 Å². The van der Waals surface area contributed by atoms with Gasteiger partial charge in [0.2, 0.25) is 4.27 Å². The molecule has 8 heteroatoms. The molecule has 2 atom stereocenters. The second-order valence-corrected chi connectivity index (χ2v) is 27.7. The molecule has 0 amide bonds. The highest BCUT2D eigenvalue weighted by Crippen LogP contribution is 2.51. The lowest BCUT2D eigenvalue weighted by Gasteiger charge is -2.40. The summed E-state index contributed by atoms with van der Waals surface area (Å²) in [6, 6.07) is 7.65. The number of carbonyl (C=O) groups excluding carboxylic acids is 1. The summed E-state index contributed by atoms with van der Waals surface area (Å²) >= 11 is 3.52. The van der Waals surface area contributed by atoms with E-state index in [-0.39, 0.29) is 34.8 Å². The number of phenols is 2. The zero-order valence-electron chi connectivity index (χ0n) is 46.7. The highest BCUT2D eigenvalue weighted by molar-refractivity contribution is 8.18. The maximum atomic E-state index is 15.9. The van der Waals surface area contributed by atoms with E-state index in [0.717, 1.165) is 38.5 Å². The van der Waals surface area contributed by atoms with Crippen LogP contribution in [0.1, 0.15) is 273 Å². The van der Waals surface area contributed by atoms with Gasteiger partial charge in [0, 0.05) is 16.9 Å². The molecule has 0 radical (unpaired) electrons. The maximum absolute atomic E-state index is 15.9. The number of thioether (sulfide) groups is 2. The Labute approximate surface area is 426 Å². The number of benzene rings is 2. The van der Waals surface area contributed by atoms with Gasteiger partial charge >= 0.3 is 11.9 Å². The Morgan fingerprint density at radius 1 is 0.500 bits per heavy atom. The molecule has 0 aliphatic carbocycles. The average molecular weight is 984 g/mol. The van der Waals surface area contributed by atoms with Crippen LogP contribution in [-0.4, -0.2) is 42.0 Å². The molecule has 0 saturated heterocycles. The number of aromatic hydroxyl groups is 2. The van der Waals surface area contributed by atoms with Gasteiger partial charge in [0.1, 0.15) is 11.5 Å². The fourth-order valence-corrected chi connectivity index (χ4v) is 13.0. The van der Waals surface area contributed by atoms with Crippen LogP contribution >= 0.6 is 23.5 Å². The van der Waals surface area contributed by atoms with Crippen LogP contribution in [0, 0.1) is 5.41 Å². The summed E-state index contributed by atoms with van der Waals surface area (Å²) in [5.41, 5.74) is 0.268. The number of ether oxygens (including phenoxy) is 1. The fourth-order valence-electron chi connectivity index (χ4n) is 9.43. The number of carbonyl (C=O) groups is 2. The van der Waals surface area contributed by atoms with E-state index in [9.17, 15) is 20.1 Å². The SMILES string of the molecule is CCCCCCCCCC(CC)SC(CC)(OC(=O)C(Cc1cc(C(C)(C)C)c(O)c(C(C)(C)C)c1)(Cc1cc(C(C)(C)C)c(O)c(C(C)(C)C)c1)C(=O)O)SC(CC)CCCCCCCCC. The number of aliphatic carboxylic acids is 1. The van der Waals surface area contributed by atoms with Crippen LogP contribution in [0.5, 0.6) is 11.5 Å². The Balaban J connectivity index is 2.96. The fraction of sp³-hybridized carbons (Fsp3) is 0.767. The van der Waals surface area contributed by atoms with Crippen molar-refractivity contribution in [3.63, 3.8) is 0 Å². The minimum absolute atomic E-state index is 0.135. The average Bonchev–Trinajstić information content (AvgIpc) is 3.23.